The third kappa shape index (κ3) is 4.96. The van der Waals surface area contributed by atoms with E-state index in [1.165, 1.54) is 10.6 Å². The Hall–Kier alpha value is -2.27. The normalized spacial score (nSPS) is 16.4. The molecule has 0 spiro atoms. The van der Waals surface area contributed by atoms with Crippen molar-refractivity contribution in [1.29, 1.82) is 0 Å². The van der Waals surface area contributed by atoms with Gasteiger partial charge in [-0.05, 0) is 33.1 Å². The summed E-state index contributed by atoms with van der Waals surface area (Å²) in [5, 5.41) is 10.6. The lowest BCUT2D eigenvalue weighted by Gasteiger charge is -2.28. The number of sulfonamides is 1. The lowest BCUT2D eigenvalue weighted by atomic mass is 9.98. The van der Waals surface area contributed by atoms with E-state index in [4.69, 9.17) is 9.05 Å². The Bertz CT molecular complexity index is 908. The second kappa shape index (κ2) is 8.39. The molecule has 3 heterocycles. The first-order chi connectivity index (χ1) is 13.2. The molecular weight excluding hydrogens is 386 g/mol. The van der Waals surface area contributed by atoms with Crippen molar-refractivity contribution in [3.63, 3.8) is 0 Å². The molecular formula is C17H25N5O5S. The van der Waals surface area contributed by atoms with Crippen molar-refractivity contribution in [2.24, 2.45) is 0 Å². The van der Waals surface area contributed by atoms with E-state index in [0.29, 0.717) is 50.5 Å². The molecule has 2 aromatic rings. The molecule has 1 fully saturated rings. The van der Waals surface area contributed by atoms with E-state index in [1.54, 1.807) is 0 Å². The second-order valence-corrected chi connectivity index (χ2v) is 9.04. The van der Waals surface area contributed by atoms with Gasteiger partial charge in [0, 0.05) is 31.0 Å². The number of aromatic nitrogens is 3. The summed E-state index contributed by atoms with van der Waals surface area (Å²) < 4.78 is 34.9. The number of piperidine rings is 1. The summed E-state index contributed by atoms with van der Waals surface area (Å²) in [6.45, 7) is 4.74. The first-order valence-electron chi connectivity index (χ1n) is 9.20. The first-order valence-corrected chi connectivity index (χ1v) is 11.0. The van der Waals surface area contributed by atoms with Crippen LogP contribution in [0.25, 0.3) is 0 Å². The van der Waals surface area contributed by atoms with Gasteiger partial charge in [0.25, 0.3) is 0 Å². The number of rotatable bonds is 7. The first kappa shape index (κ1) is 20.5. The van der Waals surface area contributed by atoms with Gasteiger partial charge in [0.05, 0.1) is 18.5 Å². The Kier molecular flexibility index (Phi) is 6.14. The van der Waals surface area contributed by atoms with Crippen LogP contribution >= 0.6 is 0 Å². The molecule has 0 bridgehead atoms. The van der Waals surface area contributed by atoms with Crippen LogP contribution < -0.4 is 5.32 Å². The zero-order chi connectivity index (χ0) is 20.3. The third-order valence-electron chi connectivity index (χ3n) is 4.99. The van der Waals surface area contributed by atoms with Gasteiger partial charge in [0.2, 0.25) is 21.8 Å². The van der Waals surface area contributed by atoms with Crippen molar-refractivity contribution < 1.29 is 22.3 Å². The van der Waals surface area contributed by atoms with Crippen LogP contribution in [0.15, 0.2) is 9.05 Å². The van der Waals surface area contributed by atoms with E-state index in [9.17, 15) is 13.2 Å². The Labute approximate surface area is 163 Å². The highest BCUT2D eigenvalue weighted by Gasteiger charge is 2.28. The minimum absolute atomic E-state index is 0.0609. The molecule has 0 aromatic carbocycles. The zero-order valence-corrected chi connectivity index (χ0v) is 17.1. The lowest BCUT2D eigenvalue weighted by molar-refractivity contribution is -0.121. The number of carbonyl (C=O) groups excluding carboxylic acids is 1. The highest BCUT2D eigenvalue weighted by Crippen LogP contribution is 2.26. The molecule has 154 valence electrons. The highest BCUT2D eigenvalue weighted by molar-refractivity contribution is 7.88. The Morgan fingerprint density at radius 2 is 1.93 bits per heavy atom. The molecule has 1 aliphatic heterocycles. The molecule has 0 radical (unpaired) electrons. The maximum Gasteiger partial charge on any atom is 0.246 e. The van der Waals surface area contributed by atoms with E-state index in [-0.39, 0.29) is 18.4 Å². The minimum atomic E-state index is -3.16. The van der Waals surface area contributed by atoms with E-state index < -0.39 is 10.0 Å². The van der Waals surface area contributed by atoms with Crippen LogP contribution in [0, 0.1) is 13.8 Å². The van der Waals surface area contributed by atoms with Gasteiger partial charge in [0.1, 0.15) is 5.76 Å². The molecule has 28 heavy (non-hydrogen) atoms. The van der Waals surface area contributed by atoms with Gasteiger partial charge in [-0.15, -0.1) is 0 Å². The topological polar surface area (TPSA) is 131 Å². The van der Waals surface area contributed by atoms with E-state index in [0.717, 1.165) is 17.0 Å². The van der Waals surface area contributed by atoms with Crippen LogP contribution in [0.5, 0.6) is 0 Å². The van der Waals surface area contributed by atoms with Crippen molar-refractivity contribution in [1.82, 2.24) is 24.9 Å². The average Bonchev–Trinajstić information content (AvgIpc) is 3.25. The molecule has 10 nitrogen and oxygen atoms in total. The monoisotopic (exact) mass is 411 g/mol. The van der Waals surface area contributed by atoms with Gasteiger partial charge in [0.15, 0.2) is 5.82 Å². The van der Waals surface area contributed by atoms with E-state index >= 15 is 0 Å². The van der Waals surface area contributed by atoms with Gasteiger partial charge >= 0.3 is 0 Å². The number of hydrogen-bond donors (Lipinski definition) is 1. The smallest absolute Gasteiger partial charge is 0.246 e. The standard InChI is InChI=1S/C17H25N5O5S/c1-11-14(12(2)26-20-11)4-5-15(23)18-10-16-19-17(21-27-16)13-6-8-22(9-7-13)28(3,24)25/h13H,4-10H2,1-3H3,(H,18,23). The fourth-order valence-corrected chi connectivity index (χ4v) is 4.19. The highest BCUT2D eigenvalue weighted by atomic mass is 32.2. The summed E-state index contributed by atoms with van der Waals surface area (Å²) >= 11 is 0. The number of hydrogen-bond acceptors (Lipinski definition) is 8. The van der Waals surface area contributed by atoms with Crippen molar-refractivity contribution in [2.45, 2.75) is 52.0 Å². The van der Waals surface area contributed by atoms with Gasteiger partial charge in [-0.2, -0.15) is 4.98 Å². The van der Waals surface area contributed by atoms with Crippen LogP contribution in [0.4, 0.5) is 0 Å². The molecule has 0 unspecified atom stereocenters. The van der Waals surface area contributed by atoms with Crippen LogP contribution in [-0.4, -0.2) is 53.3 Å². The molecule has 11 heteroatoms. The summed E-state index contributed by atoms with van der Waals surface area (Å²) in [6, 6.07) is 0. The number of nitrogens with zero attached hydrogens (tertiary/aromatic N) is 4. The largest absolute Gasteiger partial charge is 0.361 e. The maximum absolute atomic E-state index is 12.1. The maximum atomic E-state index is 12.1. The summed E-state index contributed by atoms with van der Waals surface area (Å²) in [7, 11) is -3.16. The van der Waals surface area contributed by atoms with Gasteiger partial charge in [-0.25, -0.2) is 12.7 Å². The number of aryl methyl sites for hydroxylation is 2. The van der Waals surface area contributed by atoms with Crippen LogP contribution in [0.1, 0.15) is 53.9 Å². The predicted octanol–water partition coefficient (Wildman–Crippen LogP) is 1.06. The van der Waals surface area contributed by atoms with Crippen LogP contribution in [0.3, 0.4) is 0 Å². The SMILES string of the molecule is Cc1noc(C)c1CCC(=O)NCc1nc(C2CCN(S(C)(=O)=O)CC2)no1. The molecule has 0 atom stereocenters. The third-order valence-corrected chi connectivity index (χ3v) is 6.30. The summed E-state index contributed by atoms with van der Waals surface area (Å²) in [5.41, 5.74) is 1.75. The molecule has 1 saturated heterocycles. The summed E-state index contributed by atoms with van der Waals surface area (Å²) in [4.78, 5) is 16.4. The van der Waals surface area contributed by atoms with Crippen LogP contribution in [0.2, 0.25) is 0 Å². The lowest BCUT2D eigenvalue weighted by Crippen LogP contribution is -2.37. The number of nitrogens with one attached hydrogen (secondary N) is 1. The molecule has 1 N–H and O–H groups in total. The van der Waals surface area contributed by atoms with Gasteiger partial charge in [-0.1, -0.05) is 10.3 Å². The molecule has 3 rings (SSSR count). The fourth-order valence-electron chi connectivity index (χ4n) is 3.31. The molecule has 1 aliphatic rings. The molecule has 2 aromatic heterocycles. The van der Waals surface area contributed by atoms with Crippen LogP contribution in [-0.2, 0) is 27.8 Å². The number of carbonyl (C=O) groups is 1. The van der Waals surface area contributed by atoms with Gasteiger partial charge in [-0.3, -0.25) is 4.79 Å². The predicted molar refractivity (Wildman–Crippen MR) is 98.8 cm³/mol. The molecule has 0 aliphatic carbocycles. The second-order valence-electron chi connectivity index (χ2n) is 7.06. The van der Waals surface area contributed by atoms with Gasteiger partial charge < -0.3 is 14.4 Å². The Morgan fingerprint density at radius 3 is 2.54 bits per heavy atom. The molecule has 0 saturated carbocycles. The van der Waals surface area contributed by atoms with Crippen molar-refractivity contribution >= 4 is 15.9 Å². The minimum Gasteiger partial charge on any atom is -0.361 e. The van der Waals surface area contributed by atoms with E-state index in [1.807, 2.05) is 13.8 Å². The Morgan fingerprint density at radius 1 is 1.21 bits per heavy atom. The van der Waals surface area contributed by atoms with Crippen molar-refractivity contribution in [2.75, 3.05) is 19.3 Å². The zero-order valence-electron chi connectivity index (χ0n) is 16.3. The summed E-state index contributed by atoms with van der Waals surface area (Å²) in [6.07, 6.45) is 3.38. The molecule has 1 amide bonds. The number of amides is 1. The summed E-state index contributed by atoms with van der Waals surface area (Å²) in [5.74, 6) is 1.57. The Balaban J connectivity index is 1.45. The van der Waals surface area contributed by atoms with Crippen molar-refractivity contribution in [3.05, 3.63) is 28.7 Å². The average molecular weight is 411 g/mol. The fraction of sp³-hybridized carbons (Fsp3) is 0.647. The quantitative estimate of drug-likeness (QED) is 0.715. The van der Waals surface area contributed by atoms with Crippen molar-refractivity contribution in [3.8, 4) is 0 Å². The van der Waals surface area contributed by atoms with E-state index in [2.05, 4.69) is 20.6 Å².